The van der Waals surface area contributed by atoms with Gasteiger partial charge in [0.15, 0.2) is 0 Å². The number of hydrogen-bond acceptors (Lipinski definition) is 4. The van der Waals surface area contributed by atoms with Gasteiger partial charge >= 0.3 is 0 Å². The van der Waals surface area contributed by atoms with E-state index in [0.29, 0.717) is 29.4 Å². The van der Waals surface area contributed by atoms with Gasteiger partial charge in [-0.3, -0.25) is 4.79 Å². The summed E-state index contributed by atoms with van der Waals surface area (Å²) < 4.78 is 11.2. The lowest BCUT2D eigenvalue weighted by atomic mass is 10.2. The van der Waals surface area contributed by atoms with Gasteiger partial charge in [-0.2, -0.15) is 0 Å². The maximum atomic E-state index is 12.2. The van der Waals surface area contributed by atoms with Crippen LogP contribution in [-0.4, -0.2) is 37.8 Å². The first-order valence-corrected chi connectivity index (χ1v) is 8.57. The molecular formula is C17H24Cl2N2O3. The number of carbonyl (C=O) groups is 1. The number of rotatable bonds is 5. The van der Waals surface area contributed by atoms with Crippen molar-refractivity contribution in [2.75, 3.05) is 19.0 Å². The van der Waals surface area contributed by atoms with Crippen molar-refractivity contribution in [2.24, 2.45) is 0 Å². The first-order valence-electron chi connectivity index (χ1n) is 8.19. The molecule has 3 rings (SSSR count). The first kappa shape index (κ1) is 19.3. The lowest BCUT2D eigenvalue weighted by Gasteiger charge is -2.16. The van der Waals surface area contributed by atoms with Gasteiger partial charge in [-0.15, -0.1) is 12.4 Å². The molecule has 1 saturated carbocycles. The molecule has 1 aliphatic carbocycles. The smallest absolute Gasteiger partial charge is 0.241 e. The molecule has 0 unspecified atom stereocenters. The quantitative estimate of drug-likeness (QED) is 0.828. The van der Waals surface area contributed by atoms with Crippen molar-refractivity contribution >= 4 is 35.6 Å². The second-order valence-corrected chi connectivity index (χ2v) is 6.62. The summed E-state index contributed by atoms with van der Waals surface area (Å²) in [4.78, 5) is 12.2. The number of nitrogens with one attached hydrogen (secondary N) is 2. The molecule has 1 heterocycles. The van der Waals surface area contributed by atoms with E-state index >= 15 is 0 Å². The molecule has 1 saturated heterocycles. The van der Waals surface area contributed by atoms with Gasteiger partial charge in [0, 0.05) is 19.3 Å². The Hall–Kier alpha value is -1.01. The van der Waals surface area contributed by atoms with Crippen LogP contribution in [0.25, 0.3) is 0 Å². The van der Waals surface area contributed by atoms with E-state index in [1.54, 1.807) is 13.2 Å². The molecule has 0 radical (unpaired) electrons. The van der Waals surface area contributed by atoms with Gasteiger partial charge in [-0.25, -0.2) is 0 Å². The average molecular weight is 375 g/mol. The second kappa shape index (κ2) is 8.90. The molecule has 7 heteroatoms. The van der Waals surface area contributed by atoms with Crippen LogP contribution in [0.4, 0.5) is 5.69 Å². The fraction of sp³-hybridized carbons (Fsp3) is 0.588. The van der Waals surface area contributed by atoms with Crippen LogP contribution in [0.5, 0.6) is 5.75 Å². The van der Waals surface area contributed by atoms with Crippen molar-refractivity contribution in [3.63, 3.8) is 0 Å². The van der Waals surface area contributed by atoms with Crippen molar-refractivity contribution in [2.45, 2.75) is 50.4 Å². The molecule has 1 aromatic carbocycles. The van der Waals surface area contributed by atoms with Crippen LogP contribution in [0.3, 0.4) is 0 Å². The predicted molar refractivity (Wildman–Crippen MR) is 97.4 cm³/mol. The van der Waals surface area contributed by atoms with E-state index in [1.807, 2.05) is 12.1 Å². The Bertz CT molecular complexity index is 565. The zero-order valence-corrected chi connectivity index (χ0v) is 15.3. The third kappa shape index (κ3) is 4.76. The van der Waals surface area contributed by atoms with Gasteiger partial charge < -0.3 is 20.1 Å². The Balaban J connectivity index is 0.00000208. The Morgan fingerprint density at radius 3 is 2.67 bits per heavy atom. The van der Waals surface area contributed by atoms with E-state index in [9.17, 15) is 4.79 Å². The summed E-state index contributed by atoms with van der Waals surface area (Å²) in [7, 11) is 1.66. The minimum atomic E-state index is -0.229. The molecule has 1 amide bonds. The van der Waals surface area contributed by atoms with Gasteiger partial charge in [0.25, 0.3) is 0 Å². The molecule has 2 atom stereocenters. The van der Waals surface area contributed by atoms with E-state index in [-0.39, 0.29) is 36.6 Å². The van der Waals surface area contributed by atoms with Crippen LogP contribution < -0.4 is 15.4 Å². The Labute approximate surface area is 153 Å². The van der Waals surface area contributed by atoms with Crippen molar-refractivity contribution in [1.82, 2.24) is 5.32 Å². The Morgan fingerprint density at radius 1 is 1.29 bits per heavy atom. The highest BCUT2D eigenvalue weighted by molar-refractivity contribution is 6.32. The van der Waals surface area contributed by atoms with Crippen LogP contribution in [0.1, 0.15) is 32.1 Å². The third-order valence-electron chi connectivity index (χ3n) is 4.54. The van der Waals surface area contributed by atoms with Crippen molar-refractivity contribution in [3.05, 3.63) is 23.2 Å². The molecule has 24 heavy (non-hydrogen) atoms. The number of carbonyl (C=O) groups excluding carboxylic acids is 1. The number of ether oxygens (including phenoxy) is 2. The standard InChI is InChI=1S/C17H23ClN2O3.ClH/c1-22-13-9-15(19-10-13)17(21)20-11-6-7-16(14(18)8-11)23-12-4-2-3-5-12;/h6-8,12-13,15,19H,2-5,9-10H2,1H3,(H,20,21);1H/t13-,15+;/m0./s1. The van der Waals surface area contributed by atoms with Crippen molar-refractivity contribution < 1.29 is 14.3 Å². The van der Waals surface area contributed by atoms with Crippen LogP contribution >= 0.6 is 24.0 Å². The average Bonchev–Trinajstić information content (AvgIpc) is 3.21. The van der Waals surface area contributed by atoms with E-state index in [2.05, 4.69) is 10.6 Å². The molecule has 134 valence electrons. The predicted octanol–water partition coefficient (Wildman–Crippen LogP) is 3.40. The summed E-state index contributed by atoms with van der Waals surface area (Å²) in [6.07, 6.45) is 5.64. The molecule has 1 aliphatic heterocycles. The molecule has 5 nitrogen and oxygen atoms in total. The summed E-state index contributed by atoms with van der Waals surface area (Å²) in [5.41, 5.74) is 0.682. The van der Waals surface area contributed by atoms with Gasteiger partial charge in [0.1, 0.15) is 5.75 Å². The maximum Gasteiger partial charge on any atom is 0.241 e. The fourth-order valence-electron chi connectivity index (χ4n) is 3.17. The highest BCUT2D eigenvalue weighted by Crippen LogP contribution is 2.31. The Morgan fingerprint density at radius 2 is 2.04 bits per heavy atom. The van der Waals surface area contributed by atoms with Gasteiger partial charge in [-0.05, 0) is 50.3 Å². The van der Waals surface area contributed by atoms with Crippen LogP contribution in [0.15, 0.2) is 18.2 Å². The van der Waals surface area contributed by atoms with Gasteiger partial charge in [-0.1, -0.05) is 11.6 Å². The van der Waals surface area contributed by atoms with Crippen molar-refractivity contribution in [1.29, 1.82) is 0 Å². The molecular weight excluding hydrogens is 351 g/mol. The molecule has 2 fully saturated rings. The topological polar surface area (TPSA) is 59.6 Å². The van der Waals surface area contributed by atoms with Crippen molar-refractivity contribution in [3.8, 4) is 5.75 Å². The summed E-state index contributed by atoms with van der Waals surface area (Å²) in [5.74, 6) is 0.625. The molecule has 2 N–H and O–H groups in total. The second-order valence-electron chi connectivity index (χ2n) is 6.21. The number of benzene rings is 1. The number of hydrogen-bond donors (Lipinski definition) is 2. The van der Waals surface area contributed by atoms with E-state index in [4.69, 9.17) is 21.1 Å². The third-order valence-corrected chi connectivity index (χ3v) is 4.83. The summed E-state index contributed by atoms with van der Waals surface area (Å²) in [6, 6.07) is 5.17. The normalized spacial score (nSPS) is 23.8. The minimum Gasteiger partial charge on any atom is -0.489 e. The monoisotopic (exact) mass is 374 g/mol. The van der Waals surface area contributed by atoms with Crippen LogP contribution in [0.2, 0.25) is 5.02 Å². The maximum absolute atomic E-state index is 12.2. The highest BCUT2D eigenvalue weighted by atomic mass is 35.5. The first-order chi connectivity index (χ1) is 11.2. The highest BCUT2D eigenvalue weighted by Gasteiger charge is 2.29. The lowest BCUT2D eigenvalue weighted by Crippen LogP contribution is -2.35. The van der Waals surface area contributed by atoms with E-state index in [0.717, 1.165) is 12.8 Å². The number of anilines is 1. The van der Waals surface area contributed by atoms with E-state index < -0.39 is 0 Å². The summed E-state index contributed by atoms with van der Waals surface area (Å²) >= 11 is 6.28. The number of halogens is 2. The van der Waals surface area contributed by atoms with Gasteiger partial charge in [0.05, 0.1) is 23.3 Å². The van der Waals surface area contributed by atoms with Crippen LogP contribution in [-0.2, 0) is 9.53 Å². The zero-order valence-electron chi connectivity index (χ0n) is 13.7. The summed E-state index contributed by atoms with van der Waals surface area (Å²) in [6.45, 7) is 0.698. The van der Waals surface area contributed by atoms with Crippen LogP contribution in [0, 0.1) is 0 Å². The molecule has 0 aromatic heterocycles. The number of amides is 1. The summed E-state index contributed by atoms with van der Waals surface area (Å²) in [5, 5.41) is 6.58. The van der Waals surface area contributed by atoms with Gasteiger partial charge in [0.2, 0.25) is 5.91 Å². The number of methoxy groups -OCH3 is 1. The molecule has 2 aliphatic rings. The molecule has 1 aromatic rings. The molecule has 0 bridgehead atoms. The fourth-order valence-corrected chi connectivity index (χ4v) is 3.40. The largest absolute Gasteiger partial charge is 0.489 e. The SMILES string of the molecule is CO[C@@H]1CN[C@@H](C(=O)Nc2ccc(OC3CCCC3)c(Cl)c2)C1.Cl. The van der Waals surface area contributed by atoms with E-state index in [1.165, 1.54) is 12.8 Å². The molecule has 0 spiro atoms. The Kier molecular flexibility index (Phi) is 7.16. The minimum absolute atomic E-state index is 0. The zero-order chi connectivity index (χ0) is 16.2. The lowest BCUT2D eigenvalue weighted by molar-refractivity contribution is -0.118.